The second kappa shape index (κ2) is 14.9. The van der Waals surface area contributed by atoms with Crippen molar-refractivity contribution >= 4 is 0 Å². The number of rotatable bonds is 17. The zero-order valence-corrected chi connectivity index (χ0v) is 22.7. The lowest BCUT2D eigenvalue weighted by atomic mass is 9.70. The number of aromatic nitrogens is 2. The van der Waals surface area contributed by atoms with Gasteiger partial charge in [-0.1, -0.05) is 133 Å². The zero-order valence-electron chi connectivity index (χ0n) is 22.7. The average Bonchev–Trinajstić information content (AvgIpc) is 3.36. The van der Waals surface area contributed by atoms with Gasteiger partial charge < -0.3 is 0 Å². The molecule has 0 bridgehead atoms. The molecule has 190 valence electrons. The number of nitrogens with zero attached hydrogens (tertiary/aromatic N) is 2. The summed E-state index contributed by atoms with van der Waals surface area (Å²) >= 11 is 0. The van der Waals surface area contributed by atoms with E-state index in [1.807, 2.05) is 0 Å². The molecular formula is C33H49N2+. The van der Waals surface area contributed by atoms with E-state index in [1.54, 1.807) is 0 Å². The van der Waals surface area contributed by atoms with Crippen molar-refractivity contribution in [2.75, 3.05) is 0 Å². The van der Waals surface area contributed by atoms with Gasteiger partial charge in [-0.3, -0.25) is 0 Å². The molecule has 0 spiro atoms. The maximum Gasteiger partial charge on any atom is 0.244 e. The SMILES string of the molecule is CCCCCCCCCCC(n1cc[n+](CCCC)c1)C(C)(Cc1ccccc1)c1ccccc1. The van der Waals surface area contributed by atoms with Crippen molar-refractivity contribution in [3.8, 4) is 0 Å². The number of hydrogen-bond acceptors (Lipinski definition) is 0. The fourth-order valence-corrected chi connectivity index (χ4v) is 5.59. The van der Waals surface area contributed by atoms with Crippen LogP contribution in [0.5, 0.6) is 0 Å². The molecule has 2 nitrogen and oxygen atoms in total. The van der Waals surface area contributed by atoms with Crippen LogP contribution in [0.2, 0.25) is 0 Å². The fraction of sp³-hybridized carbons (Fsp3) is 0.545. The number of benzene rings is 2. The lowest BCUT2D eigenvalue weighted by Crippen LogP contribution is -2.38. The van der Waals surface area contributed by atoms with E-state index in [9.17, 15) is 0 Å². The molecule has 2 heteroatoms. The maximum atomic E-state index is 2.53. The first-order chi connectivity index (χ1) is 17.2. The molecule has 0 saturated heterocycles. The Bertz CT molecular complexity index is 930. The summed E-state index contributed by atoms with van der Waals surface area (Å²) in [4.78, 5) is 0. The van der Waals surface area contributed by atoms with Gasteiger partial charge >= 0.3 is 0 Å². The molecule has 1 aromatic heterocycles. The Morgan fingerprint density at radius 2 is 1.34 bits per heavy atom. The highest BCUT2D eigenvalue weighted by atomic mass is 15.1. The Morgan fingerprint density at radius 1 is 0.743 bits per heavy atom. The van der Waals surface area contributed by atoms with Gasteiger partial charge in [0.05, 0.1) is 6.54 Å². The van der Waals surface area contributed by atoms with Gasteiger partial charge in [0.15, 0.2) is 0 Å². The average molecular weight is 474 g/mol. The van der Waals surface area contributed by atoms with Crippen molar-refractivity contribution in [1.82, 2.24) is 4.57 Å². The van der Waals surface area contributed by atoms with Gasteiger partial charge in [-0.05, 0) is 36.8 Å². The van der Waals surface area contributed by atoms with E-state index in [2.05, 4.69) is 109 Å². The second-order valence-electron chi connectivity index (χ2n) is 10.7. The molecule has 2 unspecified atom stereocenters. The van der Waals surface area contributed by atoms with E-state index in [4.69, 9.17) is 0 Å². The minimum Gasteiger partial charge on any atom is -0.237 e. The first-order valence-electron chi connectivity index (χ1n) is 14.3. The number of hydrogen-bond donors (Lipinski definition) is 0. The van der Waals surface area contributed by atoms with Gasteiger partial charge in [0.25, 0.3) is 0 Å². The molecule has 0 aliphatic carbocycles. The van der Waals surface area contributed by atoms with E-state index >= 15 is 0 Å². The van der Waals surface area contributed by atoms with Gasteiger partial charge in [-0.25, -0.2) is 9.13 Å². The molecule has 0 aliphatic rings. The van der Waals surface area contributed by atoms with Crippen LogP contribution in [0.3, 0.4) is 0 Å². The minimum absolute atomic E-state index is 0.0192. The lowest BCUT2D eigenvalue weighted by molar-refractivity contribution is -0.697. The second-order valence-corrected chi connectivity index (χ2v) is 10.7. The molecule has 0 fully saturated rings. The van der Waals surface area contributed by atoms with Crippen molar-refractivity contribution in [2.45, 2.75) is 116 Å². The molecule has 0 N–H and O–H groups in total. The van der Waals surface area contributed by atoms with Crippen LogP contribution in [-0.2, 0) is 18.4 Å². The Morgan fingerprint density at radius 3 is 2.00 bits per heavy atom. The summed E-state index contributed by atoms with van der Waals surface area (Å²) in [6.45, 7) is 8.18. The van der Waals surface area contributed by atoms with Crippen molar-refractivity contribution in [3.05, 3.63) is 90.5 Å². The highest BCUT2D eigenvalue weighted by Gasteiger charge is 2.40. The van der Waals surface area contributed by atoms with Crippen LogP contribution in [0.15, 0.2) is 79.4 Å². The lowest BCUT2D eigenvalue weighted by Gasteiger charge is -2.37. The first-order valence-corrected chi connectivity index (χ1v) is 14.3. The van der Waals surface area contributed by atoms with Gasteiger partial charge in [0.2, 0.25) is 6.33 Å². The highest BCUT2D eigenvalue weighted by molar-refractivity contribution is 5.30. The molecular weight excluding hydrogens is 424 g/mol. The topological polar surface area (TPSA) is 8.81 Å². The van der Waals surface area contributed by atoms with Gasteiger partial charge in [-0.15, -0.1) is 0 Å². The van der Waals surface area contributed by atoms with Crippen LogP contribution >= 0.6 is 0 Å². The third-order valence-corrected chi connectivity index (χ3v) is 7.76. The van der Waals surface area contributed by atoms with Crippen molar-refractivity contribution in [2.24, 2.45) is 0 Å². The Kier molecular flexibility index (Phi) is 11.6. The fourth-order valence-electron chi connectivity index (χ4n) is 5.59. The predicted octanol–water partition coefficient (Wildman–Crippen LogP) is 8.85. The summed E-state index contributed by atoms with van der Waals surface area (Å²) in [5.41, 5.74) is 2.89. The number of aryl methyl sites for hydroxylation is 1. The summed E-state index contributed by atoms with van der Waals surface area (Å²) in [6, 6.07) is 22.8. The van der Waals surface area contributed by atoms with E-state index in [0.717, 1.165) is 13.0 Å². The Hall–Kier alpha value is -2.35. The molecule has 35 heavy (non-hydrogen) atoms. The minimum atomic E-state index is 0.0192. The Labute approximate surface area is 215 Å². The third kappa shape index (κ3) is 8.37. The smallest absolute Gasteiger partial charge is 0.237 e. The molecule has 2 atom stereocenters. The van der Waals surface area contributed by atoms with E-state index in [-0.39, 0.29) is 5.41 Å². The van der Waals surface area contributed by atoms with Crippen LogP contribution in [0.1, 0.15) is 109 Å². The molecule has 2 aromatic carbocycles. The summed E-state index contributed by atoms with van der Waals surface area (Å²) in [6.07, 6.45) is 22.7. The molecule has 3 aromatic rings. The molecule has 1 heterocycles. The van der Waals surface area contributed by atoms with E-state index in [0.29, 0.717) is 6.04 Å². The quantitative estimate of drug-likeness (QED) is 0.137. The van der Waals surface area contributed by atoms with Crippen molar-refractivity contribution in [1.29, 1.82) is 0 Å². The third-order valence-electron chi connectivity index (χ3n) is 7.76. The van der Waals surface area contributed by atoms with Crippen LogP contribution in [0, 0.1) is 0 Å². The highest BCUT2D eigenvalue weighted by Crippen LogP contribution is 2.41. The van der Waals surface area contributed by atoms with Crippen LogP contribution in [0.25, 0.3) is 0 Å². The van der Waals surface area contributed by atoms with Crippen molar-refractivity contribution in [3.63, 3.8) is 0 Å². The van der Waals surface area contributed by atoms with E-state index in [1.165, 1.54) is 81.8 Å². The predicted molar refractivity (Wildman–Crippen MR) is 150 cm³/mol. The summed E-state index contributed by atoms with van der Waals surface area (Å²) < 4.78 is 4.92. The summed E-state index contributed by atoms with van der Waals surface area (Å²) in [5, 5.41) is 0. The van der Waals surface area contributed by atoms with Gasteiger partial charge in [0.1, 0.15) is 18.4 Å². The number of imidazole rings is 1. The number of unbranched alkanes of at least 4 members (excludes halogenated alkanes) is 8. The molecule has 3 rings (SSSR count). The van der Waals surface area contributed by atoms with E-state index < -0.39 is 0 Å². The summed E-state index contributed by atoms with van der Waals surface area (Å²) in [7, 11) is 0. The summed E-state index contributed by atoms with van der Waals surface area (Å²) in [5.74, 6) is 0. The molecule has 0 aliphatic heterocycles. The molecule has 0 radical (unpaired) electrons. The van der Waals surface area contributed by atoms with Crippen molar-refractivity contribution < 1.29 is 4.57 Å². The Balaban J connectivity index is 1.82. The van der Waals surface area contributed by atoms with Crippen LogP contribution in [-0.4, -0.2) is 4.57 Å². The maximum absolute atomic E-state index is 2.53. The van der Waals surface area contributed by atoms with Crippen LogP contribution < -0.4 is 4.57 Å². The van der Waals surface area contributed by atoms with Crippen LogP contribution in [0.4, 0.5) is 0 Å². The first kappa shape index (κ1) is 27.2. The normalized spacial score (nSPS) is 14.0. The standard InChI is InChI=1S/C33H49N2/c1-4-6-8-9-10-11-12-19-24-32(35-27-26-34(29-35)25-7-5-2)33(3,31-22-17-14-18-23-31)28-30-20-15-13-16-21-30/h13-18,20-23,26-27,29,32H,4-12,19,24-25,28H2,1-3H3/q+1. The monoisotopic (exact) mass is 473 g/mol. The largest absolute Gasteiger partial charge is 0.244 e. The molecule has 0 amide bonds. The molecule has 0 saturated carbocycles. The van der Waals surface area contributed by atoms with Gasteiger partial charge in [0, 0.05) is 5.41 Å². The van der Waals surface area contributed by atoms with Gasteiger partial charge in [-0.2, -0.15) is 0 Å². The zero-order chi connectivity index (χ0) is 24.8.